The summed E-state index contributed by atoms with van der Waals surface area (Å²) in [4.78, 5) is 0.163. The molecule has 0 saturated heterocycles. The lowest BCUT2D eigenvalue weighted by molar-refractivity contribution is 0.540. The molecular weight excluding hydrogens is 344 g/mol. The molecule has 1 unspecified atom stereocenters. The van der Waals surface area contributed by atoms with Crippen LogP contribution in [0.3, 0.4) is 0 Å². The number of hydrogen-bond acceptors (Lipinski definition) is 5. The number of hydrogen-bond donors (Lipinski definition) is 1. The Bertz CT molecular complexity index is 744. The van der Waals surface area contributed by atoms with Crippen molar-refractivity contribution in [2.24, 2.45) is 0 Å². The molecule has 1 N–H and O–H groups in total. The summed E-state index contributed by atoms with van der Waals surface area (Å²) in [5.41, 5.74) is 0. The molecule has 1 heterocycles. The highest BCUT2D eigenvalue weighted by Crippen LogP contribution is 2.21. The molecule has 0 aliphatic heterocycles. The first-order valence-corrected chi connectivity index (χ1v) is 9.72. The van der Waals surface area contributed by atoms with E-state index in [1.807, 2.05) is 17.7 Å². The van der Waals surface area contributed by atoms with Crippen LogP contribution in [0.25, 0.3) is 0 Å². The van der Waals surface area contributed by atoms with E-state index in [0.29, 0.717) is 17.4 Å². The Balaban J connectivity index is 2.26. The van der Waals surface area contributed by atoms with Crippen molar-refractivity contribution in [1.29, 1.82) is 0 Å². The van der Waals surface area contributed by atoms with Gasteiger partial charge in [0.05, 0.1) is 10.9 Å². The fraction of sp³-hybridized carbons (Fsp3) is 0.385. The van der Waals surface area contributed by atoms with Crippen LogP contribution < -0.4 is 4.72 Å². The van der Waals surface area contributed by atoms with Gasteiger partial charge in [0.1, 0.15) is 0 Å². The van der Waals surface area contributed by atoms with Crippen molar-refractivity contribution in [3.63, 3.8) is 0 Å². The van der Waals surface area contributed by atoms with Crippen LogP contribution >= 0.6 is 23.4 Å². The van der Waals surface area contributed by atoms with Crippen molar-refractivity contribution in [3.05, 3.63) is 35.1 Å². The Kier molecular flexibility index (Phi) is 5.49. The van der Waals surface area contributed by atoms with Crippen molar-refractivity contribution < 1.29 is 8.42 Å². The van der Waals surface area contributed by atoms with Crippen LogP contribution in [0.1, 0.15) is 25.7 Å². The average Bonchev–Trinajstić information content (AvgIpc) is 2.90. The van der Waals surface area contributed by atoms with E-state index in [4.69, 9.17) is 11.6 Å². The summed E-state index contributed by atoms with van der Waals surface area (Å²) in [5, 5.41) is 9.41. The van der Waals surface area contributed by atoms with Gasteiger partial charge in [-0.3, -0.25) is 0 Å². The standard InChI is InChI=1S/C13H17ClN4O2S2/c1-4-18-12(15-16-13(18)21-3)9(2)17-22(19,20)11-7-5-10(14)6-8-11/h5-9,17H,4H2,1-3H3. The second kappa shape index (κ2) is 6.99. The summed E-state index contributed by atoms with van der Waals surface area (Å²) in [6.45, 7) is 4.38. The van der Waals surface area contributed by atoms with Crippen molar-refractivity contribution in [3.8, 4) is 0 Å². The lowest BCUT2D eigenvalue weighted by Gasteiger charge is -2.15. The van der Waals surface area contributed by atoms with Gasteiger partial charge in [-0.15, -0.1) is 10.2 Å². The lowest BCUT2D eigenvalue weighted by atomic mass is 10.3. The Morgan fingerprint density at radius 2 is 1.95 bits per heavy atom. The zero-order valence-corrected chi connectivity index (χ0v) is 14.8. The maximum atomic E-state index is 12.4. The molecule has 1 aromatic heterocycles. The third kappa shape index (κ3) is 3.62. The highest BCUT2D eigenvalue weighted by Gasteiger charge is 2.23. The van der Waals surface area contributed by atoms with Gasteiger partial charge in [-0.25, -0.2) is 13.1 Å². The van der Waals surface area contributed by atoms with E-state index in [9.17, 15) is 8.42 Å². The molecule has 0 radical (unpaired) electrons. The second-order valence-electron chi connectivity index (χ2n) is 4.59. The summed E-state index contributed by atoms with van der Waals surface area (Å²) in [5.74, 6) is 0.587. The van der Waals surface area contributed by atoms with Gasteiger partial charge in [-0.05, 0) is 44.4 Å². The minimum atomic E-state index is -3.64. The summed E-state index contributed by atoms with van der Waals surface area (Å²) < 4.78 is 29.3. The van der Waals surface area contributed by atoms with Crippen molar-refractivity contribution in [1.82, 2.24) is 19.5 Å². The van der Waals surface area contributed by atoms with Crippen LogP contribution in [-0.4, -0.2) is 29.4 Å². The summed E-state index contributed by atoms with van der Waals surface area (Å²) in [6.07, 6.45) is 1.91. The van der Waals surface area contributed by atoms with Gasteiger partial charge in [0.15, 0.2) is 11.0 Å². The Morgan fingerprint density at radius 1 is 1.32 bits per heavy atom. The molecule has 0 bridgehead atoms. The molecule has 9 heteroatoms. The van der Waals surface area contributed by atoms with Gasteiger partial charge in [0.25, 0.3) is 0 Å². The topological polar surface area (TPSA) is 76.9 Å². The Hall–Kier alpha value is -1.09. The SMILES string of the molecule is CCn1c(SC)nnc1C(C)NS(=O)(=O)c1ccc(Cl)cc1. The van der Waals surface area contributed by atoms with Crippen LogP contribution in [-0.2, 0) is 16.6 Å². The Labute approximate surface area is 139 Å². The molecule has 0 spiro atoms. The molecule has 0 aliphatic rings. The van der Waals surface area contributed by atoms with E-state index < -0.39 is 16.1 Å². The van der Waals surface area contributed by atoms with Crippen molar-refractivity contribution in [2.75, 3.05) is 6.26 Å². The van der Waals surface area contributed by atoms with Gasteiger partial charge >= 0.3 is 0 Å². The quantitative estimate of drug-likeness (QED) is 0.801. The highest BCUT2D eigenvalue weighted by molar-refractivity contribution is 7.98. The maximum Gasteiger partial charge on any atom is 0.241 e. The molecule has 22 heavy (non-hydrogen) atoms. The first kappa shape index (κ1) is 17.3. The van der Waals surface area contributed by atoms with Crippen LogP contribution in [0, 0.1) is 0 Å². The maximum absolute atomic E-state index is 12.4. The van der Waals surface area contributed by atoms with Gasteiger partial charge in [0, 0.05) is 11.6 Å². The zero-order valence-electron chi connectivity index (χ0n) is 12.4. The summed E-state index contributed by atoms with van der Waals surface area (Å²) in [6, 6.07) is 5.53. The number of thioether (sulfide) groups is 1. The predicted octanol–water partition coefficient (Wildman–Crippen LogP) is 2.71. The smallest absolute Gasteiger partial charge is 0.241 e. The third-order valence-corrected chi connectivity index (χ3v) is 5.56. The number of benzene rings is 1. The number of sulfonamides is 1. The molecule has 2 rings (SSSR count). The van der Waals surface area contributed by atoms with Gasteiger partial charge < -0.3 is 4.57 Å². The normalized spacial score (nSPS) is 13.3. The second-order valence-corrected chi connectivity index (χ2v) is 7.51. The zero-order chi connectivity index (χ0) is 16.3. The number of rotatable bonds is 6. The van der Waals surface area contributed by atoms with Crippen LogP contribution in [0.4, 0.5) is 0 Å². The molecule has 6 nitrogen and oxygen atoms in total. The highest BCUT2D eigenvalue weighted by atomic mass is 35.5. The monoisotopic (exact) mass is 360 g/mol. The summed E-state index contributed by atoms with van der Waals surface area (Å²) >= 11 is 7.25. The first-order chi connectivity index (χ1) is 10.4. The minimum Gasteiger partial charge on any atom is -0.305 e. The molecule has 1 aromatic carbocycles. The Morgan fingerprint density at radius 3 is 2.50 bits per heavy atom. The van der Waals surface area contributed by atoms with E-state index in [1.54, 1.807) is 19.1 Å². The van der Waals surface area contributed by atoms with Crippen LogP contribution in [0.15, 0.2) is 34.3 Å². The number of nitrogens with zero attached hydrogens (tertiary/aromatic N) is 3. The third-order valence-electron chi connectivity index (χ3n) is 3.09. The molecule has 120 valence electrons. The molecule has 0 saturated carbocycles. The average molecular weight is 361 g/mol. The lowest BCUT2D eigenvalue weighted by Crippen LogP contribution is -2.29. The van der Waals surface area contributed by atoms with Crippen LogP contribution in [0.2, 0.25) is 5.02 Å². The van der Waals surface area contributed by atoms with Gasteiger partial charge in [0.2, 0.25) is 10.0 Å². The number of aromatic nitrogens is 3. The predicted molar refractivity (Wildman–Crippen MR) is 87.7 cm³/mol. The number of halogens is 1. The molecule has 0 amide bonds. The van der Waals surface area contributed by atoms with Crippen LogP contribution in [0.5, 0.6) is 0 Å². The fourth-order valence-electron chi connectivity index (χ4n) is 2.04. The van der Waals surface area contributed by atoms with E-state index in [1.165, 1.54) is 23.9 Å². The fourth-order valence-corrected chi connectivity index (χ4v) is 3.93. The molecular formula is C13H17ClN4O2S2. The summed E-state index contributed by atoms with van der Waals surface area (Å²) in [7, 11) is -3.64. The van der Waals surface area contributed by atoms with Gasteiger partial charge in [-0.2, -0.15) is 0 Å². The van der Waals surface area contributed by atoms with E-state index in [2.05, 4.69) is 14.9 Å². The molecule has 2 aromatic rings. The van der Waals surface area contributed by atoms with Crippen molar-refractivity contribution >= 4 is 33.4 Å². The first-order valence-electron chi connectivity index (χ1n) is 6.64. The largest absolute Gasteiger partial charge is 0.305 e. The van der Waals surface area contributed by atoms with Crippen molar-refractivity contribution in [2.45, 2.75) is 36.5 Å². The number of nitrogens with one attached hydrogen (secondary N) is 1. The molecule has 0 aliphatic carbocycles. The minimum absolute atomic E-state index is 0.163. The molecule has 0 fully saturated rings. The molecule has 1 atom stereocenters. The van der Waals surface area contributed by atoms with E-state index >= 15 is 0 Å². The van der Waals surface area contributed by atoms with E-state index in [-0.39, 0.29) is 4.90 Å². The van der Waals surface area contributed by atoms with Gasteiger partial charge in [-0.1, -0.05) is 23.4 Å². The van der Waals surface area contributed by atoms with E-state index in [0.717, 1.165) is 5.16 Å².